The summed E-state index contributed by atoms with van der Waals surface area (Å²) in [7, 11) is 0. The predicted octanol–water partition coefficient (Wildman–Crippen LogP) is 5.75. The van der Waals surface area contributed by atoms with E-state index >= 15 is 0 Å². The third-order valence-electron chi connectivity index (χ3n) is 3.93. The van der Waals surface area contributed by atoms with Gasteiger partial charge in [0.25, 0.3) is 0 Å². The first-order chi connectivity index (χ1) is 11.8. The summed E-state index contributed by atoms with van der Waals surface area (Å²) in [4.78, 5) is 12.6. The summed E-state index contributed by atoms with van der Waals surface area (Å²) < 4.78 is -0.534. The first-order valence-electron chi connectivity index (χ1n) is 8.20. The van der Waals surface area contributed by atoms with Crippen molar-refractivity contribution in [1.82, 2.24) is 5.32 Å². The van der Waals surface area contributed by atoms with Crippen molar-refractivity contribution in [1.29, 1.82) is 0 Å². The maximum Gasteiger partial charge on any atom is 0.235 e. The summed E-state index contributed by atoms with van der Waals surface area (Å²) in [6.07, 6.45) is 0.772. The van der Waals surface area contributed by atoms with Gasteiger partial charge in [0.2, 0.25) is 5.91 Å². The van der Waals surface area contributed by atoms with Gasteiger partial charge in [-0.15, -0.1) is 11.8 Å². The molecule has 0 aliphatic rings. The smallest absolute Gasteiger partial charge is 0.235 e. The van der Waals surface area contributed by atoms with Crippen LogP contribution in [0.2, 0.25) is 10.0 Å². The number of benzene rings is 2. The van der Waals surface area contributed by atoms with Gasteiger partial charge in [-0.2, -0.15) is 0 Å². The number of halogens is 2. The van der Waals surface area contributed by atoms with Crippen LogP contribution in [-0.2, 0) is 17.0 Å². The van der Waals surface area contributed by atoms with Crippen molar-refractivity contribution in [3.63, 3.8) is 0 Å². The van der Waals surface area contributed by atoms with E-state index in [4.69, 9.17) is 23.2 Å². The molecule has 0 radical (unpaired) electrons. The molecule has 0 aliphatic heterocycles. The van der Waals surface area contributed by atoms with E-state index in [0.29, 0.717) is 5.75 Å². The van der Waals surface area contributed by atoms with Crippen LogP contribution in [0.4, 0.5) is 0 Å². The SMILES string of the molecule is CC(Cc1ccc(Cl)cc1)NC(=O)C(C)(C)SCc1ccccc1Cl. The fourth-order valence-corrected chi connectivity index (χ4v) is 3.73. The second kappa shape index (κ2) is 8.98. The minimum Gasteiger partial charge on any atom is -0.352 e. The van der Waals surface area contributed by atoms with Crippen LogP contribution in [0.25, 0.3) is 0 Å². The largest absolute Gasteiger partial charge is 0.352 e. The number of nitrogens with one attached hydrogen (secondary N) is 1. The zero-order valence-electron chi connectivity index (χ0n) is 14.7. The van der Waals surface area contributed by atoms with Gasteiger partial charge in [0.05, 0.1) is 4.75 Å². The number of hydrogen-bond acceptors (Lipinski definition) is 2. The molecule has 5 heteroatoms. The Bertz CT molecular complexity index is 716. The van der Waals surface area contributed by atoms with Crippen molar-refractivity contribution in [3.05, 3.63) is 69.7 Å². The first-order valence-corrected chi connectivity index (χ1v) is 9.95. The highest BCUT2D eigenvalue weighted by Crippen LogP contribution is 2.31. The Labute approximate surface area is 164 Å². The van der Waals surface area contributed by atoms with Crippen molar-refractivity contribution in [2.24, 2.45) is 0 Å². The van der Waals surface area contributed by atoms with Gasteiger partial charge in [0.1, 0.15) is 0 Å². The lowest BCUT2D eigenvalue weighted by atomic mass is 10.1. The Balaban J connectivity index is 1.89. The van der Waals surface area contributed by atoms with Gasteiger partial charge in [-0.05, 0) is 56.5 Å². The molecule has 1 unspecified atom stereocenters. The van der Waals surface area contributed by atoms with Crippen LogP contribution in [0.15, 0.2) is 48.5 Å². The highest BCUT2D eigenvalue weighted by atomic mass is 35.5. The van der Waals surface area contributed by atoms with Gasteiger partial charge in [0, 0.05) is 21.8 Å². The summed E-state index contributed by atoms with van der Waals surface area (Å²) in [5.41, 5.74) is 2.20. The predicted molar refractivity (Wildman–Crippen MR) is 110 cm³/mol. The molecule has 1 atom stereocenters. The molecule has 0 saturated heterocycles. The molecular weight excluding hydrogens is 373 g/mol. The Morgan fingerprint density at radius 1 is 1.12 bits per heavy atom. The Morgan fingerprint density at radius 3 is 2.40 bits per heavy atom. The van der Waals surface area contributed by atoms with E-state index < -0.39 is 4.75 Å². The average Bonchev–Trinajstić information content (AvgIpc) is 2.56. The summed E-state index contributed by atoms with van der Waals surface area (Å²) in [5.74, 6) is 0.733. The number of hydrogen-bond donors (Lipinski definition) is 1. The Hall–Kier alpha value is -1.16. The van der Waals surface area contributed by atoms with E-state index in [1.54, 1.807) is 11.8 Å². The molecule has 2 nitrogen and oxygen atoms in total. The molecule has 1 N–H and O–H groups in total. The van der Waals surface area contributed by atoms with Crippen LogP contribution in [0.1, 0.15) is 31.9 Å². The van der Waals surface area contributed by atoms with E-state index in [0.717, 1.165) is 27.6 Å². The molecule has 134 valence electrons. The van der Waals surface area contributed by atoms with Gasteiger partial charge < -0.3 is 5.32 Å². The highest BCUT2D eigenvalue weighted by Gasteiger charge is 2.29. The molecule has 25 heavy (non-hydrogen) atoms. The van der Waals surface area contributed by atoms with Crippen LogP contribution >= 0.6 is 35.0 Å². The normalized spacial score (nSPS) is 12.7. The lowest BCUT2D eigenvalue weighted by Crippen LogP contribution is -2.44. The molecule has 0 saturated carbocycles. The van der Waals surface area contributed by atoms with E-state index in [9.17, 15) is 4.79 Å². The van der Waals surface area contributed by atoms with Gasteiger partial charge in [-0.25, -0.2) is 0 Å². The van der Waals surface area contributed by atoms with E-state index in [-0.39, 0.29) is 11.9 Å². The number of thioether (sulfide) groups is 1. The second-order valence-corrected chi connectivity index (χ2v) is 9.04. The molecule has 0 fully saturated rings. The zero-order valence-corrected chi connectivity index (χ0v) is 17.0. The summed E-state index contributed by atoms with van der Waals surface area (Å²) in [6.45, 7) is 5.90. The maximum absolute atomic E-state index is 12.6. The van der Waals surface area contributed by atoms with E-state index in [1.807, 2.05) is 69.3 Å². The average molecular weight is 396 g/mol. The topological polar surface area (TPSA) is 29.1 Å². The Morgan fingerprint density at radius 2 is 1.76 bits per heavy atom. The van der Waals surface area contributed by atoms with Crippen LogP contribution < -0.4 is 5.32 Å². The van der Waals surface area contributed by atoms with Crippen molar-refractivity contribution >= 4 is 40.9 Å². The number of amides is 1. The van der Waals surface area contributed by atoms with Gasteiger partial charge in [-0.1, -0.05) is 53.5 Å². The lowest BCUT2D eigenvalue weighted by molar-refractivity contribution is -0.123. The molecule has 0 bridgehead atoms. The van der Waals surface area contributed by atoms with Crippen LogP contribution in [-0.4, -0.2) is 16.7 Å². The molecule has 0 aromatic heterocycles. The number of rotatable bonds is 7. The number of carbonyl (C=O) groups is 1. The van der Waals surface area contributed by atoms with Crippen molar-refractivity contribution in [3.8, 4) is 0 Å². The number of carbonyl (C=O) groups excluding carboxylic acids is 1. The Kier molecular flexibility index (Phi) is 7.24. The standard InChI is InChI=1S/C20H23Cl2NOS/c1-14(12-15-8-10-17(21)11-9-15)23-19(24)20(2,3)25-13-16-6-4-5-7-18(16)22/h4-11,14H,12-13H2,1-3H3,(H,23,24). The molecule has 0 aliphatic carbocycles. The fourth-order valence-electron chi connectivity index (χ4n) is 2.36. The molecule has 1 amide bonds. The second-order valence-electron chi connectivity index (χ2n) is 6.60. The van der Waals surface area contributed by atoms with E-state index in [1.165, 1.54) is 0 Å². The minimum atomic E-state index is -0.534. The van der Waals surface area contributed by atoms with Gasteiger partial charge >= 0.3 is 0 Å². The van der Waals surface area contributed by atoms with Crippen LogP contribution in [0, 0.1) is 0 Å². The van der Waals surface area contributed by atoms with Crippen molar-refractivity contribution in [2.75, 3.05) is 0 Å². The lowest BCUT2D eigenvalue weighted by Gasteiger charge is -2.26. The van der Waals surface area contributed by atoms with Crippen molar-refractivity contribution < 1.29 is 4.79 Å². The molecule has 0 heterocycles. The monoisotopic (exact) mass is 395 g/mol. The molecule has 2 rings (SSSR count). The summed E-state index contributed by atoms with van der Waals surface area (Å²) >= 11 is 13.7. The summed E-state index contributed by atoms with van der Waals surface area (Å²) in [5, 5.41) is 4.57. The molecule has 2 aromatic rings. The van der Waals surface area contributed by atoms with Crippen molar-refractivity contribution in [2.45, 2.75) is 43.7 Å². The highest BCUT2D eigenvalue weighted by molar-refractivity contribution is 8.00. The summed E-state index contributed by atoms with van der Waals surface area (Å²) in [6, 6.07) is 15.5. The quantitative estimate of drug-likeness (QED) is 0.645. The minimum absolute atomic E-state index is 0.0333. The van der Waals surface area contributed by atoms with E-state index in [2.05, 4.69) is 5.32 Å². The zero-order chi connectivity index (χ0) is 18.4. The first kappa shape index (κ1) is 20.2. The molecule has 0 spiro atoms. The van der Waals surface area contributed by atoms with Gasteiger partial charge in [0.15, 0.2) is 0 Å². The maximum atomic E-state index is 12.6. The van der Waals surface area contributed by atoms with Crippen LogP contribution in [0.5, 0.6) is 0 Å². The molecule has 2 aromatic carbocycles. The van der Waals surface area contributed by atoms with Crippen LogP contribution in [0.3, 0.4) is 0 Å². The van der Waals surface area contributed by atoms with Gasteiger partial charge in [-0.3, -0.25) is 4.79 Å². The third-order valence-corrected chi connectivity index (χ3v) is 5.91. The third kappa shape index (κ3) is 6.25. The molecular formula is C20H23Cl2NOS. The fraction of sp³-hybridized carbons (Fsp3) is 0.350.